The van der Waals surface area contributed by atoms with Crippen LogP contribution in [0.1, 0.15) is 37.6 Å². The van der Waals surface area contributed by atoms with E-state index in [2.05, 4.69) is 42.3 Å². The van der Waals surface area contributed by atoms with Gasteiger partial charge in [-0.1, -0.05) is 18.2 Å². The third kappa shape index (κ3) is 4.87. The van der Waals surface area contributed by atoms with Gasteiger partial charge in [0.05, 0.1) is 12.8 Å². The molecule has 0 fully saturated rings. The molecule has 0 spiro atoms. The molecule has 3 nitrogen and oxygen atoms in total. The summed E-state index contributed by atoms with van der Waals surface area (Å²) in [4.78, 5) is 4.39. The lowest BCUT2D eigenvalue weighted by atomic mass is 10.0. The fourth-order valence-corrected chi connectivity index (χ4v) is 2.40. The third-order valence-electron chi connectivity index (χ3n) is 3.69. The maximum Gasteiger partial charge on any atom is 0.118 e. The Balaban J connectivity index is 1.80. The van der Waals surface area contributed by atoms with Crippen molar-refractivity contribution in [1.29, 1.82) is 0 Å². The second kappa shape index (κ2) is 7.79. The smallest absolute Gasteiger partial charge is 0.118 e. The Bertz CT molecular complexity index is 525. The summed E-state index contributed by atoms with van der Waals surface area (Å²) < 4.78 is 5.18. The van der Waals surface area contributed by atoms with E-state index in [4.69, 9.17) is 4.74 Å². The molecule has 112 valence electrons. The van der Waals surface area contributed by atoms with Crippen molar-refractivity contribution < 1.29 is 4.74 Å². The van der Waals surface area contributed by atoms with Crippen molar-refractivity contribution in [2.24, 2.45) is 0 Å². The molecule has 0 saturated carbocycles. The number of nitrogens with one attached hydrogen (secondary N) is 1. The fourth-order valence-electron chi connectivity index (χ4n) is 2.40. The van der Waals surface area contributed by atoms with Crippen molar-refractivity contribution in [1.82, 2.24) is 10.3 Å². The molecule has 2 aromatic rings. The summed E-state index contributed by atoms with van der Waals surface area (Å²) in [7, 11) is 1.69. The predicted octanol–water partition coefficient (Wildman–Crippen LogP) is 3.76. The largest absolute Gasteiger partial charge is 0.497 e. The van der Waals surface area contributed by atoms with Gasteiger partial charge in [0.2, 0.25) is 0 Å². The minimum Gasteiger partial charge on any atom is -0.497 e. The zero-order chi connectivity index (χ0) is 15.1. The molecule has 21 heavy (non-hydrogen) atoms. The van der Waals surface area contributed by atoms with E-state index >= 15 is 0 Å². The number of rotatable bonds is 7. The van der Waals surface area contributed by atoms with Gasteiger partial charge in [0.15, 0.2) is 0 Å². The highest BCUT2D eigenvalue weighted by Crippen LogP contribution is 2.14. The molecule has 0 saturated heterocycles. The van der Waals surface area contributed by atoms with E-state index in [9.17, 15) is 0 Å². The summed E-state index contributed by atoms with van der Waals surface area (Å²) in [5.74, 6) is 0.911. The molecule has 0 aliphatic carbocycles. The number of pyridine rings is 1. The Labute approximate surface area is 127 Å². The van der Waals surface area contributed by atoms with E-state index in [-0.39, 0.29) is 6.04 Å². The van der Waals surface area contributed by atoms with Crippen molar-refractivity contribution in [2.45, 2.75) is 38.8 Å². The highest BCUT2D eigenvalue weighted by Gasteiger charge is 2.10. The van der Waals surface area contributed by atoms with E-state index in [1.54, 1.807) is 7.11 Å². The minimum atomic E-state index is 0.275. The van der Waals surface area contributed by atoms with Gasteiger partial charge in [0.1, 0.15) is 5.75 Å². The van der Waals surface area contributed by atoms with Crippen LogP contribution in [-0.4, -0.2) is 18.1 Å². The molecular weight excluding hydrogens is 260 g/mol. The summed E-state index contributed by atoms with van der Waals surface area (Å²) in [6.07, 6.45) is 4.01. The van der Waals surface area contributed by atoms with E-state index in [0.29, 0.717) is 6.04 Å². The van der Waals surface area contributed by atoms with Crippen molar-refractivity contribution >= 4 is 0 Å². The first-order chi connectivity index (χ1) is 10.2. The number of hydrogen-bond acceptors (Lipinski definition) is 3. The van der Waals surface area contributed by atoms with Crippen LogP contribution in [0.15, 0.2) is 48.7 Å². The van der Waals surface area contributed by atoms with Crippen LogP contribution in [0.3, 0.4) is 0 Å². The first-order valence-electron chi connectivity index (χ1n) is 7.49. The second-order valence-electron chi connectivity index (χ2n) is 5.43. The van der Waals surface area contributed by atoms with Crippen LogP contribution < -0.4 is 10.1 Å². The molecule has 1 aromatic carbocycles. The number of benzene rings is 1. The Morgan fingerprint density at radius 1 is 1.10 bits per heavy atom. The predicted molar refractivity (Wildman–Crippen MR) is 86.6 cm³/mol. The van der Waals surface area contributed by atoms with E-state index in [1.165, 1.54) is 5.56 Å². The van der Waals surface area contributed by atoms with Gasteiger partial charge in [-0.3, -0.25) is 4.98 Å². The van der Waals surface area contributed by atoms with E-state index in [0.717, 1.165) is 24.3 Å². The number of methoxy groups -OCH3 is 1. The normalized spacial score (nSPS) is 13.7. The number of nitrogens with zero attached hydrogens (tertiary/aromatic N) is 1. The van der Waals surface area contributed by atoms with Crippen molar-refractivity contribution in [2.75, 3.05) is 7.11 Å². The third-order valence-corrected chi connectivity index (χ3v) is 3.69. The monoisotopic (exact) mass is 284 g/mol. The number of aryl methyl sites for hydroxylation is 1. The molecule has 1 heterocycles. The van der Waals surface area contributed by atoms with E-state index in [1.807, 2.05) is 30.5 Å². The van der Waals surface area contributed by atoms with Crippen molar-refractivity contribution in [3.05, 3.63) is 59.9 Å². The van der Waals surface area contributed by atoms with Gasteiger partial charge in [0.25, 0.3) is 0 Å². The van der Waals surface area contributed by atoms with Crippen LogP contribution in [0, 0.1) is 0 Å². The highest BCUT2D eigenvalue weighted by atomic mass is 16.5. The molecule has 0 amide bonds. The van der Waals surface area contributed by atoms with Gasteiger partial charge >= 0.3 is 0 Å². The van der Waals surface area contributed by atoms with Crippen molar-refractivity contribution in [3.8, 4) is 5.75 Å². The zero-order valence-electron chi connectivity index (χ0n) is 13.0. The van der Waals surface area contributed by atoms with Gasteiger partial charge in [0, 0.05) is 18.3 Å². The number of hydrogen-bond donors (Lipinski definition) is 1. The number of ether oxygens (including phenoxy) is 1. The lowest BCUT2D eigenvalue weighted by Crippen LogP contribution is -2.29. The highest BCUT2D eigenvalue weighted by molar-refractivity contribution is 5.27. The fraction of sp³-hybridized carbons (Fsp3) is 0.389. The molecule has 0 aliphatic rings. The minimum absolute atomic E-state index is 0.275. The summed E-state index contributed by atoms with van der Waals surface area (Å²) >= 11 is 0. The lowest BCUT2D eigenvalue weighted by molar-refractivity contribution is 0.414. The van der Waals surface area contributed by atoms with Crippen LogP contribution >= 0.6 is 0 Å². The van der Waals surface area contributed by atoms with Gasteiger partial charge in [-0.15, -0.1) is 0 Å². The Morgan fingerprint density at radius 3 is 2.48 bits per heavy atom. The van der Waals surface area contributed by atoms with Crippen LogP contribution in [-0.2, 0) is 6.42 Å². The van der Waals surface area contributed by atoms with E-state index < -0.39 is 0 Å². The average molecular weight is 284 g/mol. The SMILES string of the molecule is COc1ccc(CCC(C)N[C@@H](C)c2ccccn2)cc1. The Hall–Kier alpha value is -1.87. The van der Waals surface area contributed by atoms with Crippen LogP contribution in [0.25, 0.3) is 0 Å². The van der Waals surface area contributed by atoms with Crippen molar-refractivity contribution in [3.63, 3.8) is 0 Å². The molecule has 3 heteroatoms. The summed E-state index contributed by atoms with van der Waals surface area (Å²) in [6, 6.07) is 15.1. The maximum absolute atomic E-state index is 5.18. The quantitative estimate of drug-likeness (QED) is 0.840. The van der Waals surface area contributed by atoms with Gasteiger partial charge in [-0.25, -0.2) is 0 Å². The molecular formula is C18H24N2O. The summed E-state index contributed by atoms with van der Waals surface area (Å²) in [5, 5.41) is 3.60. The van der Waals surface area contributed by atoms with Gasteiger partial charge < -0.3 is 10.1 Å². The van der Waals surface area contributed by atoms with Crippen LogP contribution in [0.2, 0.25) is 0 Å². The standard InChI is InChI=1S/C18H24N2O/c1-14(20-15(2)18-6-4-5-13-19-18)7-8-16-9-11-17(21-3)12-10-16/h4-6,9-15,20H,7-8H2,1-3H3/t14?,15-/m0/s1. The van der Waals surface area contributed by atoms with Gasteiger partial charge in [-0.2, -0.15) is 0 Å². The zero-order valence-corrected chi connectivity index (χ0v) is 13.0. The molecule has 1 N–H and O–H groups in total. The Morgan fingerprint density at radius 2 is 1.86 bits per heavy atom. The first-order valence-corrected chi connectivity index (χ1v) is 7.49. The average Bonchev–Trinajstić information content (AvgIpc) is 2.54. The molecule has 2 atom stereocenters. The number of aromatic nitrogens is 1. The van der Waals surface area contributed by atoms with Crippen LogP contribution in [0.4, 0.5) is 0 Å². The topological polar surface area (TPSA) is 34.1 Å². The second-order valence-corrected chi connectivity index (χ2v) is 5.43. The molecule has 1 aromatic heterocycles. The maximum atomic E-state index is 5.18. The summed E-state index contributed by atoms with van der Waals surface area (Å²) in [6.45, 7) is 4.38. The van der Waals surface area contributed by atoms with Crippen LogP contribution in [0.5, 0.6) is 5.75 Å². The Kier molecular flexibility index (Phi) is 5.76. The van der Waals surface area contributed by atoms with Gasteiger partial charge in [-0.05, 0) is 56.5 Å². The molecule has 0 aliphatic heterocycles. The lowest BCUT2D eigenvalue weighted by Gasteiger charge is -2.19. The molecule has 0 bridgehead atoms. The molecule has 2 rings (SSSR count). The first kappa shape index (κ1) is 15.5. The summed E-state index contributed by atoms with van der Waals surface area (Å²) in [5.41, 5.74) is 2.43. The molecule has 0 radical (unpaired) electrons. The molecule has 1 unspecified atom stereocenters.